The van der Waals surface area contributed by atoms with Crippen LogP contribution in [0.5, 0.6) is 0 Å². The number of allylic oxidation sites excluding steroid dienone is 2. The van der Waals surface area contributed by atoms with Crippen molar-refractivity contribution in [1.82, 2.24) is 0 Å². The summed E-state index contributed by atoms with van der Waals surface area (Å²) in [6.07, 6.45) is 5.54. The van der Waals surface area contributed by atoms with E-state index in [1.807, 2.05) is 0 Å². The first-order chi connectivity index (χ1) is 26.5. The van der Waals surface area contributed by atoms with Crippen molar-refractivity contribution in [1.29, 1.82) is 0 Å². The average Bonchev–Trinajstić information content (AvgIpc) is 3.38. The molecule has 0 heterocycles. The summed E-state index contributed by atoms with van der Waals surface area (Å²) in [4.78, 5) is 0. The molecule has 9 aromatic rings. The quantitative estimate of drug-likeness (QED) is 0.128. The van der Waals surface area contributed by atoms with Crippen LogP contribution in [-0.2, 0) is 6.42 Å². The SMILES string of the molecule is C=C1Cc2c(ccc3ccc(-c4ccccc4C)cc23)C=CC1c1ccc(-c2ccc3ccc4ccc(-c5ccccc5C)cc4c3c2)c2ccccc12. The van der Waals surface area contributed by atoms with Gasteiger partial charge in [-0.1, -0.05) is 170 Å². The summed E-state index contributed by atoms with van der Waals surface area (Å²) < 4.78 is 0. The van der Waals surface area contributed by atoms with Crippen LogP contribution in [0.25, 0.3) is 82.5 Å². The highest BCUT2D eigenvalue weighted by molar-refractivity contribution is 6.11. The van der Waals surface area contributed by atoms with Gasteiger partial charge in [0, 0.05) is 5.92 Å². The van der Waals surface area contributed by atoms with E-state index < -0.39 is 0 Å². The molecule has 10 rings (SSSR count). The lowest BCUT2D eigenvalue weighted by Gasteiger charge is -2.20. The molecule has 0 radical (unpaired) electrons. The van der Waals surface area contributed by atoms with Gasteiger partial charge < -0.3 is 0 Å². The van der Waals surface area contributed by atoms with Crippen molar-refractivity contribution in [3.63, 3.8) is 0 Å². The van der Waals surface area contributed by atoms with E-state index in [9.17, 15) is 0 Å². The van der Waals surface area contributed by atoms with Crippen LogP contribution in [-0.4, -0.2) is 0 Å². The highest BCUT2D eigenvalue weighted by Gasteiger charge is 2.22. The normalized spacial score (nSPS) is 14.2. The second-order valence-electron chi connectivity index (χ2n) is 15.1. The third-order valence-corrected chi connectivity index (χ3v) is 11.8. The van der Waals surface area contributed by atoms with Gasteiger partial charge in [-0.3, -0.25) is 0 Å². The summed E-state index contributed by atoms with van der Waals surface area (Å²) in [5.41, 5.74) is 15.3. The highest BCUT2D eigenvalue weighted by atomic mass is 14.3. The average molecular weight is 689 g/mol. The van der Waals surface area contributed by atoms with Crippen molar-refractivity contribution < 1.29 is 0 Å². The maximum absolute atomic E-state index is 4.77. The fourth-order valence-electron chi connectivity index (χ4n) is 8.94. The molecule has 54 heavy (non-hydrogen) atoms. The van der Waals surface area contributed by atoms with Crippen LogP contribution in [0.15, 0.2) is 182 Å². The van der Waals surface area contributed by atoms with Crippen molar-refractivity contribution in [2.75, 3.05) is 0 Å². The number of fused-ring (bicyclic) bond motifs is 7. The van der Waals surface area contributed by atoms with E-state index in [0.717, 1.165) is 6.42 Å². The van der Waals surface area contributed by atoms with Crippen LogP contribution in [0.3, 0.4) is 0 Å². The minimum absolute atomic E-state index is 0.103. The fourth-order valence-corrected chi connectivity index (χ4v) is 8.94. The van der Waals surface area contributed by atoms with Crippen LogP contribution < -0.4 is 0 Å². The first-order valence-corrected chi connectivity index (χ1v) is 19.0. The maximum Gasteiger partial charge on any atom is 0.0238 e. The van der Waals surface area contributed by atoms with Gasteiger partial charge in [-0.05, 0) is 143 Å². The second kappa shape index (κ2) is 12.9. The zero-order valence-electron chi connectivity index (χ0n) is 30.7. The first kappa shape index (κ1) is 32.2. The van der Waals surface area contributed by atoms with Gasteiger partial charge in [0.05, 0.1) is 0 Å². The van der Waals surface area contributed by atoms with E-state index in [1.165, 1.54) is 110 Å². The second-order valence-corrected chi connectivity index (χ2v) is 15.1. The number of aryl methyl sites for hydroxylation is 2. The summed E-state index contributed by atoms with van der Waals surface area (Å²) in [6.45, 7) is 9.15. The molecule has 0 bridgehead atoms. The van der Waals surface area contributed by atoms with Crippen molar-refractivity contribution in [3.05, 3.63) is 210 Å². The van der Waals surface area contributed by atoms with E-state index in [2.05, 4.69) is 190 Å². The molecule has 0 fully saturated rings. The summed E-state index contributed by atoms with van der Waals surface area (Å²) in [5, 5.41) is 10.2. The Kier molecular flexibility index (Phi) is 7.67. The molecule has 0 N–H and O–H groups in total. The van der Waals surface area contributed by atoms with Gasteiger partial charge in [0.25, 0.3) is 0 Å². The number of hydrogen-bond acceptors (Lipinski definition) is 0. The molecule has 0 spiro atoms. The number of rotatable bonds is 4. The van der Waals surface area contributed by atoms with Gasteiger partial charge in [-0.2, -0.15) is 0 Å². The molecule has 0 aliphatic heterocycles. The van der Waals surface area contributed by atoms with Gasteiger partial charge in [0.2, 0.25) is 0 Å². The third-order valence-electron chi connectivity index (χ3n) is 11.8. The molecule has 0 aromatic heterocycles. The van der Waals surface area contributed by atoms with Gasteiger partial charge in [0.1, 0.15) is 0 Å². The minimum Gasteiger partial charge on any atom is -0.0986 e. The third kappa shape index (κ3) is 5.37. The van der Waals surface area contributed by atoms with Crippen LogP contribution >= 0.6 is 0 Å². The Hall–Kier alpha value is -6.50. The molecule has 0 nitrogen and oxygen atoms in total. The molecule has 1 atom stereocenters. The Bertz CT molecular complexity index is 3010. The standard InChI is InChI=1S/C54H40/c1-34-10-4-6-12-44(34)41-23-20-37-18-19-40-26-27-46(36(3)30-51(40)52(37)31-41)50-29-28-47(48-14-8-9-15-49(48)50)43-25-22-39-17-16-38-21-24-42(32-53(38)54(39)33-43)45-13-7-5-11-35(45)2/h4-29,31-33,46H,3,30H2,1-2H3. The fraction of sp³-hybridized carbons (Fsp3) is 0.0741. The highest BCUT2D eigenvalue weighted by Crippen LogP contribution is 2.42. The summed E-state index contributed by atoms with van der Waals surface area (Å²) >= 11 is 0. The summed E-state index contributed by atoms with van der Waals surface area (Å²) in [6, 6.07) is 60.8. The molecule has 256 valence electrons. The van der Waals surface area contributed by atoms with Gasteiger partial charge in [-0.15, -0.1) is 0 Å². The van der Waals surface area contributed by atoms with E-state index in [1.54, 1.807) is 0 Å². The first-order valence-electron chi connectivity index (χ1n) is 19.0. The Morgan fingerprint density at radius 1 is 0.444 bits per heavy atom. The van der Waals surface area contributed by atoms with Crippen molar-refractivity contribution >= 4 is 49.2 Å². The molecule has 1 unspecified atom stereocenters. The van der Waals surface area contributed by atoms with E-state index in [-0.39, 0.29) is 5.92 Å². The molecule has 0 saturated carbocycles. The molecule has 9 aromatic carbocycles. The Morgan fingerprint density at radius 2 is 0.944 bits per heavy atom. The van der Waals surface area contributed by atoms with Crippen LogP contribution in [0.4, 0.5) is 0 Å². The van der Waals surface area contributed by atoms with Crippen molar-refractivity contribution in [2.45, 2.75) is 26.2 Å². The van der Waals surface area contributed by atoms with Crippen LogP contribution in [0.2, 0.25) is 0 Å². The van der Waals surface area contributed by atoms with Crippen molar-refractivity contribution in [2.24, 2.45) is 0 Å². The Balaban J connectivity index is 1.05. The van der Waals surface area contributed by atoms with Gasteiger partial charge in [0.15, 0.2) is 0 Å². The lowest BCUT2D eigenvalue weighted by atomic mass is 9.84. The minimum atomic E-state index is 0.103. The molecular weight excluding hydrogens is 649 g/mol. The zero-order chi connectivity index (χ0) is 36.3. The predicted molar refractivity (Wildman–Crippen MR) is 233 cm³/mol. The van der Waals surface area contributed by atoms with Crippen molar-refractivity contribution in [3.8, 4) is 33.4 Å². The lowest BCUT2D eigenvalue weighted by Crippen LogP contribution is -2.02. The molecule has 1 aliphatic rings. The molecule has 1 aliphatic carbocycles. The van der Waals surface area contributed by atoms with E-state index in [4.69, 9.17) is 6.58 Å². The molecule has 0 amide bonds. The van der Waals surface area contributed by atoms with E-state index in [0.29, 0.717) is 0 Å². The smallest absolute Gasteiger partial charge is 0.0238 e. The van der Waals surface area contributed by atoms with Gasteiger partial charge in [-0.25, -0.2) is 0 Å². The molecular formula is C54H40. The summed E-state index contributed by atoms with van der Waals surface area (Å²) in [7, 11) is 0. The Labute approximate surface area is 317 Å². The number of benzene rings is 9. The van der Waals surface area contributed by atoms with E-state index >= 15 is 0 Å². The largest absolute Gasteiger partial charge is 0.0986 e. The maximum atomic E-state index is 4.77. The monoisotopic (exact) mass is 688 g/mol. The Morgan fingerprint density at radius 3 is 1.57 bits per heavy atom. The summed E-state index contributed by atoms with van der Waals surface area (Å²) in [5.74, 6) is 0.103. The van der Waals surface area contributed by atoms with Crippen LogP contribution in [0.1, 0.15) is 33.7 Å². The molecule has 0 saturated heterocycles. The number of hydrogen-bond donors (Lipinski definition) is 0. The lowest BCUT2D eigenvalue weighted by molar-refractivity contribution is 0.960. The molecule has 0 heteroatoms. The van der Waals surface area contributed by atoms with Crippen LogP contribution in [0, 0.1) is 13.8 Å². The predicted octanol–water partition coefficient (Wildman–Crippen LogP) is 14.8. The zero-order valence-corrected chi connectivity index (χ0v) is 30.7. The topological polar surface area (TPSA) is 0 Å². The van der Waals surface area contributed by atoms with Gasteiger partial charge >= 0.3 is 0 Å².